The van der Waals surface area contributed by atoms with Crippen molar-refractivity contribution in [2.24, 2.45) is 0 Å². The molecule has 0 saturated heterocycles. The lowest BCUT2D eigenvalue weighted by Crippen LogP contribution is -2.53. The fraction of sp³-hybridized carbons (Fsp3) is 0.375. The van der Waals surface area contributed by atoms with Crippen molar-refractivity contribution in [2.75, 3.05) is 25.1 Å². The smallest absolute Gasteiger partial charge is 0.264 e. The Morgan fingerprint density at radius 3 is 2.12 bits per heavy atom. The lowest BCUT2D eigenvalue weighted by Gasteiger charge is -2.33. The van der Waals surface area contributed by atoms with E-state index in [1.165, 1.54) is 36.3 Å². The number of benzene rings is 3. The molecule has 2 atom stereocenters. The highest BCUT2D eigenvalue weighted by Gasteiger charge is 2.34. The minimum atomic E-state index is -4.22. The fourth-order valence-electron chi connectivity index (χ4n) is 4.46. The Kier molecular flexibility index (Phi) is 11.9. The standard InChI is InChI=1S/C32H40ClN3O6S/c1-7-23(4)34-32(38)29(8-2)35(20-24-11-14-26(41-5)15-12-24)31(37)21-36(25-13-18-30(42-6)28(33)19-25)43(39,40)27-16-9-22(3)10-17-27/h9-19,23,29H,7-8,20-21H2,1-6H3,(H,34,38). The summed E-state index contributed by atoms with van der Waals surface area (Å²) >= 11 is 6.39. The molecule has 0 aliphatic heterocycles. The van der Waals surface area contributed by atoms with E-state index in [2.05, 4.69) is 5.32 Å². The summed E-state index contributed by atoms with van der Waals surface area (Å²) in [5, 5.41) is 3.16. The number of nitrogens with zero attached hydrogens (tertiary/aromatic N) is 2. The molecular weight excluding hydrogens is 590 g/mol. The van der Waals surface area contributed by atoms with Gasteiger partial charge in [0.05, 0.1) is 29.8 Å². The van der Waals surface area contributed by atoms with Crippen LogP contribution in [0.2, 0.25) is 5.02 Å². The Morgan fingerprint density at radius 1 is 0.930 bits per heavy atom. The molecule has 3 aromatic carbocycles. The summed E-state index contributed by atoms with van der Waals surface area (Å²) in [4.78, 5) is 29.1. The molecule has 0 fully saturated rings. The van der Waals surface area contributed by atoms with Crippen molar-refractivity contribution in [3.63, 3.8) is 0 Å². The number of carbonyl (C=O) groups is 2. The van der Waals surface area contributed by atoms with E-state index in [4.69, 9.17) is 21.1 Å². The number of aryl methyl sites for hydroxylation is 1. The molecule has 0 aliphatic rings. The maximum Gasteiger partial charge on any atom is 0.264 e. The molecule has 0 aliphatic carbocycles. The lowest BCUT2D eigenvalue weighted by atomic mass is 10.1. The van der Waals surface area contributed by atoms with Crippen LogP contribution in [0.25, 0.3) is 0 Å². The van der Waals surface area contributed by atoms with Crippen molar-refractivity contribution in [1.29, 1.82) is 0 Å². The number of methoxy groups -OCH3 is 2. The molecule has 232 valence electrons. The summed E-state index contributed by atoms with van der Waals surface area (Å²) in [5.74, 6) is 0.150. The summed E-state index contributed by atoms with van der Waals surface area (Å²) in [5.41, 5.74) is 1.82. The van der Waals surface area contributed by atoms with Crippen LogP contribution in [-0.2, 0) is 26.2 Å². The van der Waals surface area contributed by atoms with Gasteiger partial charge < -0.3 is 19.7 Å². The lowest BCUT2D eigenvalue weighted by molar-refractivity contribution is -0.140. The van der Waals surface area contributed by atoms with Gasteiger partial charge in [-0.05, 0) is 74.7 Å². The van der Waals surface area contributed by atoms with Gasteiger partial charge >= 0.3 is 0 Å². The Balaban J connectivity index is 2.09. The average molecular weight is 630 g/mol. The molecule has 0 aromatic heterocycles. The molecule has 3 rings (SSSR count). The molecular formula is C32H40ClN3O6S. The highest BCUT2D eigenvalue weighted by Crippen LogP contribution is 2.32. The second-order valence-corrected chi connectivity index (χ2v) is 12.5. The first-order valence-electron chi connectivity index (χ1n) is 14.1. The van der Waals surface area contributed by atoms with Crippen molar-refractivity contribution in [1.82, 2.24) is 10.2 Å². The zero-order valence-electron chi connectivity index (χ0n) is 25.5. The van der Waals surface area contributed by atoms with Gasteiger partial charge in [0.2, 0.25) is 11.8 Å². The molecule has 0 bridgehead atoms. The summed E-state index contributed by atoms with van der Waals surface area (Å²) in [6.07, 6.45) is 1.04. The molecule has 0 spiro atoms. The number of amides is 2. The Morgan fingerprint density at radius 2 is 1.58 bits per heavy atom. The summed E-state index contributed by atoms with van der Waals surface area (Å²) in [7, 11) is -1.21. The van der Waals surface area contributed by atoms with Gasteiger partial charge in [-0.15, -0.1) is 0 Å². The van der Waals surface area contributed by atoms with Crippen LogP contribution >= 0.6 is 11.6 Å². The molecule has 2 amide bonds. The third kappa shape index (κ3) is 8.42. The van der Waals surface area contributed by atoms with Crippen LogP contribution in [0.1, 0.15) is 44.7 Å². The van der Waals surface area contributed by atoms with E-state index in [-0.39, 0.29) is 34.1 Å². The normalized spacial score (nSPS) is 12.6. The van der Waals surface area contributed by atoms with Crippen LogP contribution in [0.3, 0.4) is 0 Å². The first-order chi connectivity index (χ1) is 20.4. The minimum absolute atomic E-state index is 0.0149. The first-order valence-corrected chi connectivity index (χ1v) is 15.9. The monoisotopic (exact) mass is 629 g/mol. The van der Waals surface area contributed by atoms with E-state index in [9.17, 15) is 18.0 Å². The van der Waals surface area contributed by atoms with Gasteiger partial charge in [0, 0.05) is 12.6 Å². The van der Waals surface area contributed by atoms with Crippen LogP contribution in [0.5, 0.6) is 11.5 Å². The Hall–Kier alpha value is -3.76. The van der Waals surface area contributed by atoms with Gasteiger partial charge in [-0.2, -0.15) is 0 Å². The summed E-state index contributed by atoms with van der Waals surface area (Å²) < 4.78 is 39.6. The minimum Gasteiger partial charge on any atom is -0.497 e. The third-order valence-electron chi connectivity index (χ3n) is 7.21. The van der Waals surface area contributed by atoms with E-state index in [0.717, 1.165) is 21.9 Å². The van der Waals surface area contributed by atoms with Gasteiger partial charge in [-0.25, -0.2) is 8.42 Å². The zero-order chi connectivity index (χ0) is 31.7. The molecule has 0 saturated carbocycles. The highest BCUT2D eigenvalue weighted by atomic mass is 35.5. The highest BCUT2D eigenvalue weighted by molar-refractivity contribution is 7.92. The predicted octanol–water partition coefficient (Wildman–Crippen LogP) is 5.58. The molecule has 43 heavy (non-hydrogen) atoms. The quantitative estimate of drug-likeness (QED) is 0.250. The number of nitrogens with one attached hydrogen (secondary N) is 1. The molecule has 11 heteroatoms. The molecule has 3 aromatic rings. The van der Waals surface area contributed by atoms with E-state index in [1.807, 2.05) is 39.8 Å². The molecule has 9 nitrogen and oxygen atoms in total. The third-order valence-corrected chi connectivity index (χ3v) is 9.29. The first kappa shape index (κ1) is 33.7. The molecule has 2 unspecified atom stereocenters. The van der Waals surface area contributed by atoms with Crippen LogP contribution in [0, 0.1) is 6.92 Å². The maximum absolute atomic E-state index is 14.2. The maximum atomic E-state index is 14.2. The van der Waals surface area contributed by atoms with Crippen LogP contribution < -0.4 is 19.1 Å². The number of anilines is 1. The Bertz CT molecular complexity index is 1500. The summed E-state index contributed by atoms with van der Waals surface area (Å²) in [6.45, 7) is 7.04. The van der Waals surface area contributed by atoms with Gasteiger partial charge in [0.15, 0.2) is 0 Å². The molecule has 0 heterocycles. The second kappa shape index (κ2) is 15.1. The SMILES string of the molecule is CCC(C)NC(=O)C(CC)N(Cc1ccc(OC)cc1)C(=O)CN(c1ccc(OC)c(Cl)c1)S(=O)(=O)c1ccc(C)cc1. The summed E-state index contributed by atoms with van der Waals surface area (Å²) in [6, 6.07) is 17.1. The predicted molar refractivity (Wildman–Crippen MR) is 169 cm³/mol. The van der Waals surface area contributed by atoms with Gasteiger partial charge in [0.1, 0.15) is 24.1 Å². The van der Waals surface area contributed by atoms with Crippen molar-refractivity contribution < 1.29 is 27.5 Å². The number of ether oxygens (including phenoxy) is 2. The van der Waals surface area contributed by atoms with Crippen molar-refractivity contribution in [3.05, 3.63) is 82.9 Å². The van der Waals surface area contributed by atoms with Gasteiger partial charge in [-0.3, -0.25) is 13.9 Å². The van der Waals surface area contributed by atoms with Crippen molar-refractivity contribution >= 4 is 39.1 Å². The molecule has 0 radical (unpaired) electrons. The number of hydrogen-bond donors (Lipinski definition) is 1. The fourth-order valence-corrected chi connectivity index (χ4v) is 6.12. The van der Waals surface area contributed by atoms with Crippen LogP contribution in [0.15, 0.2) is 71.6 Å². The number of hydrogen-bond acceptors (Lipinski definition) is 6. The van der Waals surface area contributed by atoms with Crippen LogP contribution in [0.4, 0.5) is 5.69 Å². The largest absolute Gasteiger partial charge is 0.497 e. The number of sulfonamides is 1. The van der Waals surface area contributed by atoms with Crippen LogP contribution in [-0.4, -0.2) is 58.0 Å². The zero-order valence-corrected chi connectivity index (χ0v) is 27.0. The molecule has 1 N–H and O–H groups in total. The number of carbonyl (C=O) groups excluding carboxylic acids is 2. The van der Waals surface area contributed by atoms with Gasteiger partial charge in [-0.1, -0.05) is 55.3 Å². The van der Waals surface area contributed by atoms with E-state index in [0.29, 0.717) is 17.9 Å². The van der Waals surface area contributed by atoms with E-state index in [1.54, 1.807) is 37.4 Å². The van der Waals surface area contributed by atoms with Crippen molar-refractivity contribution in [2.45, 2.75) is 64.1 Å². The Labute approximate surface area is 259 Å². The average Bonchev–Trinajstić information content (AvgIpc) is 2.99. The second-order valence-electron chi connectivity index (χ2n) is 10.3. The number of rotatable bonds is 14. The van der Waals surface area contributed by atoms with E-state index < -0.39 is 28.5 Å². The number of halogens is 1. The van der Waals surface area contributed by atoms with E-state index >= 15 is 0 Å². The van der Waals surface area contributed by atoms with Gasteiger partial charge in [0.25, 0.3) is 10.0 Å². The topological polar surface area (TPSA) is 105 Å². The van der Waals surface area contributed by atoms with Crippen molar-refractivity contribution in [3.8, 4) is 11.5 Å².